The Kier molecular flexibility index (Phi) is 5.17. The van der Waals surface area contributed by atoms with Crippen molar-refractivity contribution in [2.75, 3.05) is 7.11 Å². The molecule has 7 nitrogen and oxygen atoms in total. The van der Waals surface area contributed by atoms with Crippen LogP contribution < -0.4 is 10.2 Å². The van der Waals surface area contributed by atoms with Gasteiger partial charge in [-0.1, -0.05) is 19.1 Å². The molecule has 26 heavy (non-hydrogen) atoms. The van der Waals surface area contributed by atoms with Gasteiger partial charge < -0.3 is 14.4 Å². The largest absolute Gasteiger partial charge is 0.504 e. The standard InChI is InChI=1S/C19H20N4O3/c1-13(11-23-12-20-15-5-3-4-6-16(15)23)19(25)22-21-10-14-7-8-17(24)18(9-14)26-2/h3-10,12-13,24H,11H2,1-2H3,(H,22,25)/b21-10+. The Bertz CT molecular complexity index is 949. The molecule has 7 heteroatoms. The number of carbonyl (C=O) groups is 1. The number of imidazole rings is 1. The quantitative estimate of drug-likeness (QED) is 0.527. The van der Waals surface area contributed by atoms with Crippen molar-refractivity contribution in [1.82, 2.24) is 15.0 Å². The SMILES string of the molecule is COc1cc(/C=N/NC(=O)C(C)Cn2cnc3ccccc32)ccc1O. The highest BCUT2D eigenvalue weighted by Gasteiger charge is 2.14. The topological polar surface area (TPSA) is 88.7 Å². The van der Waals surface area contributed by atoms with Crippen LogP contribution in [0.4, 0.5) is 0 Å². The number of ether oxygens (including phenoxy) is 1. The molecular weight excluding hydrogens is 332 g/mol. The Morgan fingerprint density at radius 2 is 2.19 bits per heavy atom. The van der Waals surface area contributed by atoms with Crippen molar-refractivity contribution in [3.8, 4) is 11.5 Å². The molecule has 0 aliphatic carbocycles. The van der Waals surface area contributed by atoms with Crippen LogP contribution >= 0.6 is 0 Å². The van der Waals surface area contributed by atoms with Gasteiger partial charge in [-0.25, -0.2) is 10.4 Å². The highest BCUT2D eigenvalue weighted by atomic mass is 16.5. The maximum Gasteiger partial charge on any atom is 0.244 e. The second kappa shape index (κ2) is 7.69. The van der Waals surface area contributed by atoms with E-state index in [9.17, 15) is 9.90 Å². The lowest BCUT2D eigenvalue weighted by Crippen LogP contribution is -2.27. The summed E-state index contributed by atoms with van der Waals surface area (Å²) in [7, 11) is 1.47. The zero-order valence-electron chi connectivity index (χ0n) is 14.6. The maximum absolute atomic E-state index is 12.2. The number of phenolic OH excluding ortho intramolecular Hbond substituents is 1. The van der Waals surface area contributed by atoms with Crippen molar-refractivity contribution in [2.24, 2.45) is 11.0 Å². The summed E-state index contributed by atoms with van der Waals surface area (Å²) in [6, 6.07) is 12.6. The number of hydrogen-bond acceptors (Lipinski definition) is 5. The number of nitrogens with zero attached hydrogens (tertiary/aromatic N) is 3. The highest BCUT2D eigenvalue weighted by molar-refractivity contribution is 5.84. The summed E-state index contributed by atoms with van der Waals surface area (Å²) >= 11 is 0. The Morgan fingerprint density at radius 3 is 3.00 bits per heavy atom. The van der Waals surface area contributed by atoms with Crippen LogP contribution in [0.1, 0.15) is 12.5 Å². The second-order valence-corrected chi connectivity index (χ2v) is 5.95. The third-order valence-electron chi connectivity index (χ3n) is 4.04. The van der Waals surface area contributed by atoms with Crippen LogP contribution in [0.3, 0.4) is 0 Å². The molecule has 0 spiro atoms. The normalized spacial score (nSPS) is 12.4. The molecule has 1 unspecified atom stereocenters. The number of amides is 1. The zero-order valence-corrected chi connectivity index (χ0v) is 14.6. The molecule has 0 bridgehead atoms. The van der Waals surface area contributed by atoms with E-state index in [1.807, 2.05) is 35.8 Å². The summed E-state index contributed by atoms with van der Waals surface area (Å²) in [5.74, 6) is -0.0700. The molecule has 0 radical (unpaired) electrons. The van der Waals surface area contributed by atoms with Crippen LogP contribution in [0, 0.1) is 5.92 Å². The minimum atomic E-state index is -0.279. The Hall–Kier alpha value is -3.35. The average molecular weight is 352 g/mol. The lowest BCUT2D eigenvalue weighted by molar-refractivity contribution is -0.124. The second-order valence-electron chi connectivity index (χ2n) is 5.95. The number of para-hydroxylation sites is 2. The molecule has 0 aliphatic heterocycles. The predicted molar refractivity (Wildman–Crippen MR) is 99.3 cm³/mol. The van der Waals surface area contributed by atoms with Crippen LogP contribution in [-0.4, -0.2) is 33.9 Å². The number of fused-ring (bicyclic) bond motifs is 1. The number of carbonyl (C=O) groups excluding carboxylic acids is 1. The Morgan fingerprint density at radius 1 is 1.38 bits per heavy atom. The molecule has 0 fully saturated rings. The van der Waals surface area contributed by atoms with Crippen LogP contribution in [0.15, 0.2) is 53.9 Å². The van der Waals surface area contributed by atoms with Gasteiger partial charge in [-0.05, 0) is 35.9 Å². The molecule has 0 aliphatic rings. The molecule has 1 heterocycles. The number of nitrogens with one attached hydrogen (secondary N) is 1. The molecular formula is C19H20N4O3. The lowest BCUT2D eigenvalue weighted by atomic mass is 10.1. The first-order valence-corrected chi connectivity index (χ1v) is 8.18. The Labute approximate surface area is 150 Å². The molecule has 0 saturated carbocycles. The third kappa shape index (κ3) is 3.83. The van der Waals surface area contributed by atoms with Gasteiger partial charge in [0.25, 0.3) is 0 Å². The van der Waals surface area contributed by atoms with E-state index in [0.717, 1.165) is 11.0 Å². The fourth-order valence-electron chi connectivity index (χ4n) is 2.59. The van der Waals surface area contributed by atoms with Crippen molar-refractivity contribution >= 4 is 23.2 Å². The average Bonchev–Trinajstić information content (AvgIpc) is 3.06. The van der Waals surface area contributed by atoms with Gasteiger partial charge in [0.2, 0.25) is 5.91 Å². The fourth-order valence-corrected chi connectivity index (χ4v) is 2.59. The van der Waals surface area contributed by atoms with Crippen molar-refractivity contribution in [2.45, 2.75) is 13.5 Å². The fraction of sp³-hybridized carbons (Fsp3) is 0.211. The van der Waals surface area contributed by atoms with Gasteiger partial charge in [0.15, 0.2) is 11.5 Å². The summed E-state index contributed by atoms with van der Waals surface area (Å²) in [6.45, 7) is 2.35. The van der Waals surface area contributed by atoms with E-state index in [1.54, 1.807) is 18.5 Å². The summed E-state index contributed by atoms with van der Waals surface area (Å²) in [4.78, 5) is 16.6. The van der Waals surface area contributed by atoms with Gasteiger partial charge >= 0.3 is 0 Å². The van der Waals surface area contributed by atoms with Gasteiger partial charge in [0.1, 0.15) is 0 Å². The molecule has 2 N–H and O–H groups in total. The summed E-state index contributed by atoms with van der Waals surface area (Å²) in [6.07, 6.45) is 3.24. The maximum atomic E-state index is 12.2. The van der Waals surface area contributed by atoms with Gasteiger partial charge in [-0.15, -0.1) is 0 Å². The van der Waals surface area contributed by atoms with E-state index in [4.69, 9.17) is 4.74 Å². The first-order valence-electron chi connectivity index (χ1n) is 8.18. The van der Waals surface area contributed by atoms with Crippen molar-refractivity contribution in [3.05, 3.63) is 54.4 Å². The monoisotopic (exact) mass is 352 g/mol. The van der Waals surface area contributed by atoms with E-state index in [1.165, 1.54) is 19.4 Å². The molecule has 3 aromatic rings. The summed E-state index contributed by atoms with van der Waals surface area (Å²) in [5.41, 5.74) is 5.13. The van der Waals surface area contributed by atoms with Crippen molar-refractivity contribution in [1.29, 1.82) is 0 Å². The molecule has 3 rings (SSSR count). The van der Waals surface area contributed by atoms with Gasteiger partial charge in [-0.2, -0.15) is 5.10 Å². The minimum Gasteiger partial charge on any atom is -0.504 e. The number of aromatic hydroxyl groups is 1. The van der Waals surface area contributed by atoms with Crippen molar-refractivity contribution in [3.63, 3.8) is 0 Å². The zero-order chi connectivity index (χ0) is 18.5. The number of aromatic nitrogens is 2. The van der Waals surface area contributed by atoms with Crippen molar-refractivity contribution < 1.29 is 14.6 Å². The number of methoxy groups -OCH3 is 1. The first-order chi connectivity index (χ1) is 12.6. The Balaban J connectivity index is 1.61. The first kappa shape index (κ1) is 17.5. The number of phenols is 1. The summed E-state index contributed by atoms with van der Waals surface area (Å²) in [5, 5.41) is 13.5. The number of benzene rings is 2. The number of rotatable bonds is 6. The molecule has 1 atom stereocenters. The third-order valence-corrected chi connectivity index (χ3v) is 4.04. The minimum absolute atomic E-state index is 0.0508. The van der Waals surface area contributed by atoms with Crippen LogP contribution in [0.25, 0.3) is 11.0 Å². The summed E-state index contributed by atoms with van der Waals surface area (Å²) < 4.78 is 6.99. The van der Waals surface area contributed by atoms with Gasteiger partial charge in [0, 0.05) is 6.54 Å². The van der Waals surface area contributed by atoms with E-state index < -0.39 is 0 Å². The van der Waals surface area contributed by atoms with Crippen LogP contribution in [0.5, 0.6) is 11.5 Å². The lowest BCUT2D eigenvalue weighted by Gasteiger charge is -2.11. The molecule has 0 saturated heterocycles. The van der Waals surface area contributed by atoms with Crippen LogP contribution in [-0.2, 0) is 11.3 Å². The number of hydrazone groups is 1. The van der Waals surface area contributed by atoms with Crippen LogP contribution in [0.2, 0.25) is 0 Å². The molecule has 1 amide bonds. The van der Waals surface area contributed by atoms with E-state index in [0.29, 0.717) is 17.9 Å². The smallest absolute Gasteiger partial charge is 0.244 e. The van der Waals surface area contributed by atoms with E-state index in [2.05, 4.69) is 15.5 Å². The van der Waals surface area contributed by atoms with E-state index in [-0.39, 0.29) is 17.6 Å². The van der Waals surface area contributed by atoms with Gasteiger partial charge in [-0.3, -0.25) is 4.79 Å². The van der Waals surface area contributed by atoms with Gasteiger partial charge in [0.05, 0.1) is 36.6 Å². The molecule has 134 valence electrons. The van der Waals surface area contributed by atoms with E-state index >= 15 is 0 Å². The predicted octanol–water partition coefficient (Wildman–Crippen LogP) is 2.54. The number of hydrogen-bond donors (Lipinski definition) is 2. The molecule has 1 aromatic heterocycles. The molecule has 2 aromatic carbocycles. The highest BCUT2D eigenvalue weighted by Crippen LogP contribution is 2.25.